The average Bonchev–Trinajstić information content (AvgIpc) is 2.77. The van der Waals surface area contributed by atoms with E-state index in [1.54, 1.807) is 4.90 Å². The van der Waals surface area contributed by atoms with E-state index in [2.05, 4.69) is 5.32 Å². The molecule has 1 saturated carbocycles. The lowest BCUT2D eigenvalue weighted by molar-refractivity contribution is -0.148. The van der Waals surface area contributed by atoms with E-state index < -0.39 is 11.5 Å². The second-order valence-electron chi connectivity index (χ2n) is 5.77. The molecular formula is C14H22N2O4. The van der Waals surface area contributed by atoms with E-state index in [1.807, 2.05) is 0 Å². The number of hydrogen-bond donors (Lipinski definition) is 2. The molecule has 2 amide bonds. The number of carbonyl (C=O) groups excluding carboxylic acids is 2. The zero-order valence-corrected chi connectivity index (χ0v) is 11.7. The van der Waals surface area contributed by atoms with Crippen molar-refractivity contribution in [3.8, 4) is 0 Å². The monoisotopic (exact) mass is 282 g/mol. The number of carboxylic acid groups (broad SMARTS) is 1. The van der Waals surface area contributed by atoms with Gasteiger partial charge in [0.05, 0.1) is 6.54 Å². The number of carbonyl (C=O) groups is 3. The first-order chi connectivity index (χ1) is 9.53. The van der Waals surface area contributed by atoms with Gasteiger partial charge in [-0.1, -0.05) is 19.3 Å². The third-order valence-electron chi connectivity index (χ3n) is 4.25. The molecule has 0 spiro atoms. The highest BCUT2D eigenvalue weighted by molar-refractivity contribution is 5.90. The number of aliphatic carboxylic acids is 1. The molecule has 0 aromatic rings. The summed E-state index contributed by atoms with van der Waals surface area (Å²) in [6.45, 7) is 0.570. The van der Waals surface area contributed by atoms with Crippen LogP contribution >= 0.6 is 0 Å². The predicted octanol–water partition coefficient (Wildman–Crippen LogP) is 0.903. The van der Waals surface area contributed by atoms with Crippen molar-refractivity contribution in [1.82, 2.24) is 10.2 Å². The minimum Gasteiger partial charge on any atom is -0.480 e. The summed E-state index contributed by atoms with van der Waals surface area (Å²) in [7, 11) is 0. The maximum absolute atomic E-state index is 12.1. The van der Waals surface area contributed by atoms with Gasteiger partial charge in [0.25, 0.3) is 0 Å². The quantitative estimate of drug-likeness (QED) is 0.802. The zero-order chi connectivity index (χ0) is 14.6. The molecule has 0 atom stereocenters. The van der Waals surface area contributed by atoms with Gasteiger partial charge in [-0.05, 0) is 25.7 Å². The van der Waals surface area contributed by atoms with Crippen LogP contribution in [0.2, 0.25) is 0 Å². The normalized spacial score (nSPS) is 22.4. The van der Waals surface area contributed by atoms with E-state index in [0.717, 1.165) is 32.1 Å². The SMILES string of the molecule is O=C(CN1CCCCCC1=O)NC1(C(=O)O)CCCC1. The van der Waals surface area contributed by atoms with Crippen LogP contribution in [0.5, 0.6) is 0 Å². The molecule has 6 heteroatoms. The molecule has 6 nitrogen and oxygen atoms in total. The van der Waals surface area contributed by atoms with Gasteiger partial charge in [-0.25, -0.2) is 4.79 Å². The van der Waals surface area contributed by atoms with E-state index in [-0.39, 0.29) is 18.4 Å². The summed E-state index contributed by atoms with van der Waals surface area (Å²) in [5.74, 6) is -1.33. The molecule has 20 heavy (non-hydrogen) atoms. The lowest BCUT2D eigenvalue weighted by atomic mass is 9.98. The third kappa shape index (κ3) is 3.29. The van der Waals surface area contributed by atoms with Gasteiger partial charge in [0.15, 0.2) is 0 Å². The van der Waals surface area contributed by atoms with Crippen molar-refractivity contribution in [2.45, 2.75) is 56.9 Å². The number of likely N-dealkylation sites (tertiary alicyclic amines) is 1. The highest BCUT2D eigenvalue weighted by Crippen LogP contribution is 2.29. The molecule has 1 heterocycles. The first-order valence-corrected chi connectivity index (χ1v) is 7.36. The summed E-state index contributed by atoms with van der Waals surface area (Å²) in [4.78, 5) is 36.8. The molecule has 1 aliphatic carbocycles. The van der Waals surface area contributed by atoms with Gasteiger partial charge < -0.3 is 15.3 Å². The van der Waals surface area contributed by atoms with Crippen molar-refractivity contribution in [3.63, 3.8) is 0 Å². The highest BCUT2D eigenvalue weighted by Gasteiger charge is 2.42. The minimum atomic E-state index is -1.12. The van der Waals surface area contributed by atoms with E-state index in [0.29, 0.717) is 25.8 Å². The van der Waals surface area contributed by atoms with Crippen LogP contribution in [0, 0.1) is 0 Å². The Morgan fingerprint density at radius 3 is 2.50 bits per heavy atom. The number of rotatable bonds is 4. The fourth-order valence-corrected chi connectivity index (χ4v) is 3.06. The van der Waals surface area contributed by atoms with E-state index >= 15 is 0 Å². The molecule has 0 unspecified atom stereocenters. The Morgan fingerprint density at radius 2 is 1.85 bits per heavy atom. The molecule has 2 rings (SSSR count). The maximum atomic E-state index is 12.1. The summed E-state index contributed by atoms with van der Waals surface area (Å²) >= 11 is 0. The Hall–Kier alpha value is -1.59. The average molecular weight is 282 g/mol. The Morgan fingerprint density at radius 1 is 1.15 bits per heavy atom. The van der Waals surface area contributed by atoms with Crippen molar-refractivity contribution >= 4 is 17.8 Å². The van der Waals surface area contributed by atoms with Gasteiger partial charge in [0, 0.05) is 13.0 Å². The van der Waals surface area contributed by atoms with E-state index in [4.69, 9.17) is 0 Å². The lowest BCUT2D eigenvalue weighted by Gasteiger charge is -2.27. The van der Waals surface area contributed by atoms with Gasteiger partial charge in [-0.2, -0.15) is 0 Å². The first kappa shape index (κ1) is 14.8. The van der Waals surface area contributed by atoms with Crippen molar-refractivity contribution in [2.24, 2.45) is 0 Å². The van der Waals surface area contributed by atoms with Crippen LogP contribution in [0.25, 0.3) is 0 Å². The fourth-order valence-electron chi connectivity index (χ4n) is 3.06. The number of carboxylic acids is 1. The van der Waals surface area contributed by atoms with Crippen molar-refractivity contribution in [2.75, 3.05) is 13.1 Å². The molecule has 112 valence electrons. The summed E-state index contributed by atoms with van der Waals surface area (Å²) < 4.78 is 0. The van der Waals surface area contributed by atoms with Crippen LogP contribution in [0.4, 0.5) is 0 Å². The molecule has 1 saturated heterocycles. The van der Waals surface area contributed by atoms with Crippen LogP contribution in [0.1, 0.15) is 51.4 Å². The number of nitrogens with zero attached hydrogens (tertiary/aromatic N) is 1. The minimum absolute atomic E-state index is 0.00607. The Bertz CT molecular complexity index is 402. The molecular weight excluding hydrogens is 260 g/mol. The second kappa shape index (κ2) is 6.24. The molecule has 0 aromatic heterocycles. The van der Waals surface area contributed by atoms with E-state index in [9.17, 15) is 19.5 Å². The number of hydrogen-bond acceptors (Lipinski definition) is 3. The van der Waals surface area contributed by atoms with Gasteiger partial charge >= 0.3 is 5.97 Å². The molecule has 1 aliphatic heterocycles. The molecule has 2 N–H and O–H groups in total. The topological polar surface area (TPSA) is 86.7 Å². The maximum Gasteiger partial charge on any atom is 0.329 e. The van der Waals surface area contributed by atoms with Crippen LogP contribution in [-0.2, 0) is 14.4 Å². The molecule has 0 aromatic carbocycles. The van der Waals surface area contributed by atoms with E-state index in [1.165, 1.54) is 0 Å². The summed E-state index contributed by atoms with van der Waals surface area (Å²) in [6, 6.07) is 0. The Balaban J connectivity index is 1.94. The molecule has 2 aliphatic rings. The zero-order valence-electron chi connectivity index (χ0n) is 11.7. The Kier molecular flexibility index (Phi) is 4.62. The summed E-state index contributed by atoms with van der Waals surface area (Å²) in [5.41, 5.74) is -1.12. The van der Waals surface area contributed by atoms with Crippen LogP contribution in [0.15, 0.2) is 0 Å². The van der Waals surface area contributed by atoms with Gasteiger partial charge in [-0.15, -0.1) is 0 Å². The van der Waals surface area contributed by atoms with Gasteiger partial charge in [0.2, 0.25) is 11.8 Å². The smallest absolute Gasteiger partial charge is 0.329 e. The molecule has 0 radical (unpaired) electrons. The molecule has 2 fully saturated rings. The summed E-state index contributed by atoms with van der Waals surface area (Å²) in [6.07, 6.45) is 5.84. The third-order valence-corrected chi connectivity index (χ3v) is 4.25. The van der Waals surface area contributed by atoms with Crippen LogP contribution in [0.3, 0.4) is 0 Å². The second-order valence-corrected chi connectivity index (χ2v) is 5.77. The van der Waals surface area contributed by atoms with Crippen LogP contribution in [-0.4, -0.2) is 46.4 Å². The van der Waals surface area contributed by atoms with Crippen molar-refractivity contribution in [3.05, 3.63) is 0 Å². The van der Waals surface area contributed by atoms with Crippen LogP contribution < -0.4 is 5.32 Å². The predicted molar refractivity (Wildman–Crippen MR) is 72.0 cm³/mol. The largest absolute Gasteiger partial charge is 0.480 e. The standard InChI is InChI=1S/C14H22N2O4/c17-11(10-16-9-5-1-2-6-12(16)18)15-14(13(19)20)7-3-4-8-14/h1-10H2,(H,15,17)(H,19,20). The fraction of sp³-hybridized carbons (Fsp3) is 0.786. The molecule has 0 bridgehead atoms. The first-order valence-electron chi connectivity index (χ1n) is 7.36. The van der Waals surface area contributed by atoms with Gasteiger partial charge in [-0.3, -0.25) is 9.59 Å². The lowest BCUT2D eigenvalue weighted by Crippen LogP contribution is -2.55. The Labute approximate surface area is 118 Å². The van der Waals surface area contributed by atoms with Gasteiger partial charge in [0.1, 0.15) is 5.54 Å². The number of amides is 2. The van der Waals surface area contributed by atoms with Crippen molar-refractivity contribution in [1.29, 1.82) is 0 Å². The number of nitrogens with one attached hydrogen (secondary N) is 1. The summed E-state index contributed by atoms with van der Waals surface area (Å²) in [5, 5.41) is 12.0. The highest BCUT2D eigenvalue weighted by atomic mass is 16.4. The van der Waals surface area contributed by atoms with Crippen molar-refractivity contribution < 1.29 is 19.5 Å².